The van der Waals surface area contributed by atoms with E-state index in [0.29, 0.717) is 29.7 Å². The molecule has 296 valence electrons. The first kappa shape index (κ1) is 41.1. The number of allylic oxidation sites excluding steroid dienone is 1. The third-order valence-corrected chi connectivity index (χ3v) is 10.2. The van der Waals surface area contributed by atoms with Crippen molar-refractivity contribution in [1.29, 1.82) is 0 Å². The Bertz CT molecular complexity index is 1830. The van der Waals surface area contributed by atoms with Gasteiger partial charge in [0.25, 0.3) is 5.88 Å². The molecule has 2 aromatic heterocycles. The van der Waals surface area contributed by atoms with E-state index in [9.17, 15) is 29.4 Å². The highest BCUT2D eigenvalue weighted by Gasteiger charge is 2.64. The SMILES string of the molecule is CCCCOc1noc2c1C(=O)[C@@]1(O)C(O)=C3C(=O)c4c(c(Br)nc(N(C(=O)OC(C)(C)C)C(=O)OC(C)(C)C)c4OCCCC)C[C@H]3C[C@H]1[C@@H]2N(C)C. The molecule has 3 aliphatic carbocycles. The molecule has 0 unspecified atom stereocenters. The quantitative estimate of drug-likeness (QED) is 0.180. The van der Waals surface area contributed by atoms with Crippen molar-refractivity contribution in [1.82, 2.24) is 15.0 Å². The molecule has 54 heavy (non-hydrogen) atoms. The maximum absolute atomic E-state index is 14.9. The summed E-state index contributed by atoms with van der Waals surface area (Å²) in [4.78, 5) is 63.9. The predicted molar refractivity (Wildman–Crippen MR) is 199 cm³/mol. The fraction of sp³-hybridized carbons (Fsp3) is 0.632. The van der Waals surface area contributed by atoms with Crippen LogP contribution in [0.15, 0.2) is 20.5 Å². The molecule has 2 amide bonds. The fourth-order valence-corrected chi connectivity index (χ4v) is 7.73. The topological polar surface area (TPSA) is 191 Å². The number of rotatable bonds is 10. The number of ketones is 2. The fourth-order valence-electron chi connectivity index (χ4n) is 7.20. The second kappa shape index (κ2) is 15.3. The summed E-state index contributed by atoms with van der Waals surface area (Å²) in [6, 6.07) is -0.730. The third-order valence-electron chi connectivity index (χ3n) is 9.52. The third kappa shape index (κ3) is 7.48. The van der Waals surface area contributed by atoms with Crippen molar-refractivity contribution in [2.75, 3.05) is 32.2 Å². The van der Waals surface area contributed by atoms with Gasteiger partial charge in [-0.1, -0.05) is 26.7 Å². The molecule has 2 N–H and O–H groups in total. The number of carbonyl (C=O) groups is 4. The number of fused-ring (bicyclic) bond motifs is 4. The van der Waals surface area contributed by atoms with E-state index < -0.39 is 64.2 Å². The van der Waals surface area contributed by atoms with Crippen molar-refractivity contribution in [3.63, 3.8) is 0 Å². The second-order valence-electron chi connectivity index (χ2n) is 16.2. The minimum absolute atomic E-state index is 0.0730. The first-order valence-electron chi connectivity index (χ1n) is 18.3. The van der Waals surface area contributed by atoms with Crippen molar-refractivity contribution < 1.29 is 52.9 Å². The van der Waals surface area contributed by atoms with E-state index in [1.54, 1.807) is 60.5 Å². The Hall–Kier alpha value is -4.02. The molecule has 16 heteroatoms. The number of ether oxygens (including phenoxy) is 4. The van der Waals surface area contributed by atoms with Gasteiger partial charge in [0.15, 0.2) is 28.7 Å². The first-order chi connectivity index (χ1) is 25.2. The number of hydrogen-bond acceptors (Lipinski definition) is 14. The standard InChI is InChI=1S/C38H51BrN4O11/c1-11-13-15-50-28-23-20(31(39)40-32(28)43(34(47)52-36(3,4)5)35(48)53-37(6,7)8)17-19-18-21-25(42(9)10)27-24(33(41-54-27)51-16-14-12-2)30(46)38(21,49)29(45)22(19)26(23)44/h19,21,25,45,49H,11-18H2,1-10H3/t19-,21-,25-,38-/m0/s1. The molecule has 0 aliphatic heterocycles. The lowest BCUT2D eigenvalue weighted by molar-refractivity contribution is -0.0559. The van der Waals surface area contributed by atoms with Crippen LogP contribution in [0.5, 0.6) is 11.6 Å². The van der Waals surface area contributed by atoms with Crippen molar-refractivity contribution in [3.8, 4) is 11.6 Å². The Morgan fingerprint density at radius 1 is 0.963 bits per heavy atom. The molecule has 0 fully saturated rings. The lowest BCUT2D eigenvalue weighted by atomic mass is 9.58. The minimum Gasteiger partial charge on any atom is -0.508 e. The van der Waals surface area contributed by atoms with Crippen molar-refractivity contribution in [2.45, 2.75) is 117 Å². The van der Waals surface area contributed by atoms with Gasteiger partial charge in [0.1, 0.15) is 27.1 Å². The molecule has 4 atom stereocenters. The molecule has 0 saturated heterocycles. The highest BCUT2D eigenvalue weighted by atomic mass is 79.9. The van der Waals surface area contributed by atoms with Gasteiger partial charge in [-0.15, -0.1) is 0 Å². The molecule has 0 saturated carbocycles. The Labute approximate surface area is 323 Å². The molecule has 15 nitrogen and oxygen atoms in total. The second-order valence-corrected chi connectivity index (χ2v) is 16.9. The molecule has 0 spiro atoms. The number of pyridine rings is 1. The average Bonchev–Trinajstić information content (AvgIpc) is 3.46. The number of carbonyl (C=O) groups excluding carboxylic acids is 4. The molecular weight excluding hydrogens is 768 g/mol. The van der Waals surface area contributed by atoms with E-state index >= 15 is 0 Å². The maximum Gasteiger partial charge on any atom is 0.425 e. The molecule has 0 aromatic carbocycles. The highest BCUT2D eigenvalue weighted by Crippen LogP contribution is 2.57. The Kier molecular flexibility index (Phi) is 11.6. The Balaban J connectivity index is 1.72. The van der Waals surface area contributed by atoms with Gasteiger partial charge in [-0.05, 0) is 108 Å². The number of aliphatic hydroxyl groups excluding tert-OH is 1. The van der Waals surface area contributed by atoms with E-state index in [0.717, 1.165) is 6.42 Å². The zero-order chi connectivity index (χ0) is 40.1. The van der Waals surface area contributed by atoms with E-state index in [1.807, 2.05) is 13.8 Å². The number of hydrogen-bond donors (Lipinski definition) is 2. The molecule has 2 heterocycles. The van der Waals surface area contributed by atoms with Crippen molar-refractivity contribution in [3.05, 3.63) is 38.4 Å². The molecule has 2 aromatic rings. The van der Waals surface area contributed by atoms with E-state index in [2.05, 4.69) is 26.1 Å². The highest BCUT2D eigenvalue weighted by molar-refractivity contribution is 9.10. The summed E-state index contributed by atoms with van der Waals surface area (Å²) in [5, 5.41) is 28.6. The monoisotopic (exact) mass is 818 g/mol. The van der Waals surface area contributed by atoms with Crippen LogP contribution in [0.3, 0.4) is 0 Å². The number of imide groups is 1. The number of amides is 2. The van der Waals surface area contributed by atoms with Crippen LogP contribution in [0.4, 0.5) is 15.4 Å². The summed E-state index contributed by atoms with van der Waals surface area (Å²) in [6.07, 6.45) is 0.708. The van der Waals surface area contributed by atoms with E-state index in [4.69, 9.17) is 23.5 Å². The van der Waals surface area contributed by atoms with Crippen LogP contribution in [0.25, 0.3) is 0 Å². The molecule has 5 rings (SSSR count). The van der Waals surface area contributed by atoms with Gasteiger partial charge in [-0.2, -0.15) is 4.90 Å². The summed E-state index contributed by atoms with van der Waals surface area (Å²) >= 11 is 3.49. The summed E-state index contributed by atoms with van der Waals surface area (Å²) in [5.74, 6) is -4.58. The normalized spacial score (nSPS) is 22.3. The largest absolute Gasteiger partial charge is 0.508 e. The summed E-state index contributed by atoms with van der Waals surface area (Å²) in [7, 11) is 3.51. The van der Waals surface area contributed by atoms with Gasteiger partial charge in [-0.25, -0.2) is 14.6 Å². The van der Waals surface area contributed by atoms with Crippen LogP contribution in [-0.2, 0) is 15.9 Å². The zero-order valence-corrected chi connectivity index (χ0v) is 34.2. The first-order valence-corrected chi connectivity index (χ1v) is 19.1. The van der Waals surface area contributed by atoms with Crippen LogP contribution in [0.2, 0.25) is 0 Å². The van der Waals surface area contributed by atoms with Crippen molar-refractivity contribution in [2.24, 2.45) is 11.8 Å². The van der Waals surface area contributed by atoms with Crippen LogP contribution in [-0.4, -0.2) is 93.1 Å². The van der Waals surface area contributed by atoms with Gasteiger partial charge >= 0.3 is 12.2 Å². The number of aromatic nitrogens is 2. The van der Waals surface area contributed by atoms with Crippen molar-refractivity contribution >= 4 is 45.5 Å². The summed E-state index contributed by atoms with van der Waals surface area (Å²) in [5.41, 5.74) is -4.62. The number of anilines is 1. The Morgan fingerprint density at radius 3 is 2.07 bits per heavy atom. The summed E-state index contributed by atoms with van der Waals surface area (Å²) < 4.78 is 29.1. The van der Waals surface area contributed by atoms with Gasteiger partial charge in [0.05, 0.1) is 24.8 Å². The molecular formula is C38H51BrN4O11. The maximum atomic E-state index is 14.9. The summed E-state index contributed by atoms with van der Waals surface area (Å²) in [6.45, 7) is 14.0. The Morgan fingerprint density at radius 2 is 1.54 bits per heavy atom. The molecule has 0 bridgehead atoms. The van der Waals surface area contributed by atoms with E-state index in [-0.39, 0.29) is 70.6 Å². The van der Waals surface area contributed by atoms with Gasteiger partial charge in [-0.3, -0.25) is 14.5 Å². The molecule has 3 aliphatic rings. The van der Waals surface area contributed by atoms with Crippen LogP contribution in [0.1, 0.15) is 126 Å². The van der Waals surface area contributed by atoms with Gasteiger partial charge < -0.3 is 33.7 Å². The average molecular weight is 820 g/mol. The van der Waals surface area contributed by atoms with Gasteiger partial charge in [0, 0.05) is 17.1 Å². The van der Waals surface area contributed by atoms with Crippen LogP contribution >= 0.6 is 15.9 Å². The smallest absolute Gasteiger partial charge is 0.425 e. The number of aliphatic hydroxyl groups is 2. The van der Waals surface area contributed by atoms with E-state index in [1.165, 1.54) is 0 Å². The lowest BCUT2D eigenvalue weighted by Gasteiger charge is -2.49. The predicted octanol–water partition coefficient (Wildman–Crippen LogP) is 7.28. The lowest BCUT2D eigenvalue weighted by Crippen LogP contribution is -2.59. The zero-order valence-electron chi connectivity index (χ0n) is 32.6. The van der Waals surface area contributed by atoms with Crippen LogP contribution < -0.4 is 14.4 Å². The number of Topliss-reactive ketones (excluding diaryl/α,β-unsaturated/α-hetero) is 2. The number of unbranched alkanes of at least 4 members (excludes halogenated alkanes) is 2. The number of nitrogens with zero attached hydrogens (tertiary/aromatic N) is 4. The van der Waals surface area contributed by atoms with Gasteiger partial charge in [0.2, 0.25) is 5.78 Å². The van der Waals surface area contributed by atoms with Crippen LogP contribution in [0, 0.1) is 11.8 Å². The molecule has 0 radical (unpaired) electrons. The minimum atomic E-state index is -2.55. The number of halogens is 1.